The van der Waals surface area contributed by atoms with Crippen LogP contribution in [0.4, 0.5) is 0 Å². The number of hydrogen-bond donors (Lipinski definition) is 1. The molecule has 2 fully saturated rings. The van der Waals surface area contributed by atoms with Gasteiger partial charge >= 0.3 is 0 Å². The largest absolute Gasteiger partial charge is 0.393 e. The molecule has 94 valence electrons. The molecule has 0 radical (unpaired) electrons. The van der Waals surface area contributed by atoms with Gasteiger partial charge in [-0.25, -0.2) is 0 Å². The van der Waals surface area contributed by atoms with Crippen molar-refractivity contribution >= 4 is 0 Å². The van der Waals surface area contributed by atoms with E-state index < -0.39 is 0 Å². The highest BCUT2D eigenvalue weighted by Crippen LogP contribution is 2.29. The van der Waals surface area contributed by atoms with Crippen LogP contribution in [0.1, 0.15) is 64.2 Å². The van der Waals surface area contributed by atoms with Crippen molar-refractivity contribution in [3.8, 4) is 0 Å². The van der Waals surface area contributed by atoms with Crippen molar-refractivity contribution in [2.45, 2.75) is 76.4 Å². The van der Waals surface area contributed by atoms with E-state index in [0.717, 1.165) is 25.9 Å². The molecule has 2 atom stereocenters. The van der Waals surface area contributed by atoms with E-state index in [1.165, 1.54) is 44.9 Å². The summed E-state index contributed by atoms with van der Waals surface area (Å²) >= 11 is 0. The molecule has 1 N–H and O–H groups in total. The average Bonchev–Trinajstić information content (AvgIpc) is 2.83. The van der Waals surface area contributed by atoms with Crippen LogP contribution in [0.15, 0.2) is 0 Å². The molecule has 1 heterocycles. The lowest BCUT2D eigenvalue weighted by Gasteiger charge is -2.26. The summed E-state index contributed by atoms with van der Waals surface area (Å²) in [6, 6.07) is 0. The van der Waals surface area contributed by atoms with E-state index in [2.05, 4.69) is 0 Å². The molecule has 2 unspecified atom stereocenters. The number of aliphatic hydroxyl groups is 1. The summed E-state index contributed by atoms with van der Waals surface area (Å²) in [4.78, 5) is 0. The maximum absolute atomic E-state index is 10.1. The van der Waals surface area contributed by atoms with Crippen molar-refractivity contribution < 1.29 is 9.84 Å². The van der Waals surface area contributed by atoms with Crippen LogP contribution in [0.5, 0.6) is 0 Å². The van der Waals surface area contributed by atoms with Crippen molar-refractivity contribution in [3.05, 3.63) is 0 Å². The maximum atomic E-state index is 10.1. The summed E-state index contributed by atoms with van der Waals surface area (Å²) in [7, 11) is 0. The fourth-order valence-electron chi connectivity index (χ4n) is 3.18. The van der Waals surface area contributed by atoms with Crippen LogP contribution < -0.4 is 0 Å². The van der Waals surface area contributed by atoms with Gasteiger partial charge in [0.2, 0.25) is 0 Å². The van der Waals surface area contributed by atoms with Crippen LogP contribution in [-0.2, 0) is 4.74 Å². The van der Waals surface area contributed by atoms with Gasteiger partial charge in [0.15, 0.2) is 0 Å². The van der Waals surface area contributed by atoms with E-state index >= 15 is 0 Å². The van der Waals surface area contributed by atoms with Gasteiger partial charge in [0, 0.05) is 6.61 Å². The molecule has 1 saturated heterocycles. The van der Waals surface area contributed by atoms with Gasteiger partial charge in [-0.3, -0.25) is 0 Å². The van der Waals surface area contributed by atoms with Gasteiger partial charge in [-0.05, 0) is 50.9 Å². The van der Waals surface area contributed by atoms with Crippen molar-refractivity contribution in [3.63, 3.8) is 0 Å². The molecule has 16 heavy (non-hydrogen) atoms. The summed E-state index contributed by atoms with van der Waals surface area (Å²) in [6.45, 7) is 0.954. The molecule has 0 aromatic rings. The molecule has 0 aromatic carbocycles. The molecule has 1 aliphatic heterocycles. The van der Waals surface area contributed by atoms with Crippen LogP contribution >= 0.6 is 0 Å². The first kappa shape index (κ1) is 12.4. The normalized spacial score (nSPS) is 29.4. The van der Waals surface area contributed by atoms with E-state index in [1.807, 2.05) is 0 Å². The fourth-order valence-corrected chi connectivity index (χ4v) is 3.18. The molecule has 2 nitrogen and oxygen atoms in total. The number of hydrogen-bond acceptors (Lipinski definition) is 2. The molecule has 2 rings (SSSR count). The van der Waals surface area contributed by atoms with Crippen LogP contribution in [0, 0.1) is 5.92 Å². The van der Waals surface area contributed by atoms with Gasteiger partial charge in [-0.2, -0.15) is 0 Å². The lowest BCUT2D eigenvalue weighted by molar-refractivity contribution is 0.0637. The third-order valence-electron chi connectivity index (χ3n) is 4.24. The van der Waals surface area contributed by atoms with Crippen molar-refractivity contribution in [2.75, 3.05) is 6.61 Å². The monoisotopic (exact) mass is 226 g/mol. The van der Waals surface area contributed by atoms with Gasteiger partial charge in [0.05, 0.1) is 12.2 Å². The Morgan fingerprint density at radius 3 is 2.56 bits per heavy atom. The highest BCUT2D eigenvalue weighted by atomic mass is 16.5. The molecule has 0 aromatic heterocycles. The van der Waals surface area contributed by atoms with Crippen LogP contribution in [0.25, 0.3) is 0 Å². The van der Waals surface area contributed by atoms with Crippen molar-refractivity contribution in [1.29, 1.82) is 0 Å². The molecule has 0 spiro atoms. The number of aliphatic hydroxyl groups excluding tert-OH is 1. The van der Waals surface area contributed by atoms with Crippen LogP contribution in [-0.4, -0.2) is 23.9 Å². The zero-order valence-electron chi connectivity index (χ0n) is 10.4. The average molecular weight is 226 g/mol. The SMILES string of the molecule is OC(CCCC1CCCO1)C1CCCCC1. The van der Waals surface area contributed by atoms with E-state index in [0.29, 0.717) is 12.0 Å². The summed E-state index contributed by atoms with van der Waals surface area (Å²) in [6.07, 6.45) is 12.7. The molecule has 0 amide bonds. The molecule has 1 saturated carbocycles. The Labute approximate surface area is 99.4 Å². The molecular formula is C14H26O2. The minimum absolute atomic E-state index is 0.0401. The Kier molecular flexibility index (Phi) is 5.11. The minimum Gasteiger partial charge on any atom is -0.393 e. The Hall–Kier alpha value is -0.0800. The van der Waals surface area contributed by atoms with Crippen LogP contribution in [0.2, 0.25) is 0 Å². The van der Waals surface area contributed by atoms with Gasteiger partial charge in [0.1, 0.15) is 0 Å². The maximum Gasteiger partial charge on any atom is 0.0576 e. The van der Waals surface area contributed by atoms with Gasteiger partial charge in [0.25, 0.3) is 0 Å². The number of rotatable bonds is 5. The highest BCUT2D eigenvalue weighted by Gasteiger charge is 2.22. The van der Waals surface area contributed by atoms with Gasteiger partial charge in [-0.1, -0.05) is 19.3 Å². The smallest absolute Gasteiger partial charge is 0.0576 e. The van der Waals surface area contributed by atoms with E-state index in [9.17, 15) is 5.11 Å². The lowest BCUT2D eigenvalue weighted by atomic mass is 9.83. The van der Waals surface area contributed by atoms with E-state index in [4.69, 9.17) is 4.74 Å². The minimum atomic E-state index is -0.0401. The highest BCUT2D eigenvalue weighted by molar-refractivity contribution is 4.74. The third kappa shape index (κ3) is 3.74. The predicted molar refractivity (Wildman–Crippen MR) is 65.4 cm³/mol. The molecule has 2 aliphatic rings. The second-order valence-corrected chi connectivity index (χ2v) is 5.53. The predicted octanol–water partition coefficient (Wildman–Crippen LogP) is 3.28. The Morgan fingerprint density at radius 1 is 1.06 bits per heavy atom. The Morgan fingerprint density at radius 2 is 1.88 bits per heavy atom. The number of ether oxygens (including phenoxy) is 1. The lowest BCUT2D eigenvalue weighted by Crippen LogP contribution is -2.23. The first-order chi connectivity index (χ1) is 7.86. The summed E-state index contributed by atoms with van der Waals surface area (Å²) in [5.41, 5.74) is 0. The molecular weight excluding hydrogens is 200 g/mol. The standard InChI is InChI=1S/C14H26O2/c15-14(12-6-2-1-3-7-12)10-4-8-13-9-5-11-16-13/h12-15H,1-11H2. The van der Waals surface area contributed by atoms with Crippen LogP contribution in [0.3, 0.4) is 0 Å². The Bertz CT molecular complexity index is 181. The Balaban J connectivity index is 1.57. The fraction of sp³-hybridized carbons (Fsp3) is 1.00. The third-order valence-corrected chi connectivity index (χ3v) is 4.24. The second-order valence-electron chi connectivity index (χ2n) is 5.53. The molecule has 2 heteroatoms. The summed E-state index contributed by atoms with van der Waals surface area (Å²) < 4.78 is 5.60. The molecule has 0 bridgehead atoms. The summed E-state index contributed by atoms with van der Waals surface area (Å²) in [5, 5.41) is 10.1. The van der Waals surface area contributed by atoms with E-state index in [1.54, 1.807) is 0 Å². The quantitative estimate of drug-likeness (QED) is 0.779. The first-order valence-corrected chi connectivity index (χ1v) is 7.16. The molecule has 1 aliphatic carbocycles. The van der Waals surface area contributed by atoms with Gasteiger partial charge < -0.3 is 9.84 Å². The topological polar surface area (TPSA) is 29.5 Å². The zero-order valence-corrected chi connectivity index (χ0v) is 10.4. The zero-order chi connectivity index (χ0) is 11.2. The van der Waals surface area contributed by atoms with Crippen molar-refractivity contribution in [1.82, 2.24) is 0 Å². The second kappa shape index (κ2) is 6.61. The van der Waals surface area contributed by atoms with E-state index in [-0.39, 0.29) is 6.10 Å². The van der Waals surface area contributed by atoms with Gasteiger partial charge in [-0.15, -0.1) is 0 Å². The van der Waals surface area contributed by atoms with Crippen molar-refractivity contribution in [2.24, 2.45) is 5.92 Å². The summed E-state index contributed by atoms with van der Waals surface area (Å²) in [5.74, 6) is 0.596. The first-order valence-electron chi connectivity index (χ1n) is 7.16.